The van der Waals surface area contributed by atoms with E-state index >= 15 is 0 Å². The second kappa shape index (κ2) is 7.08. The van der Waals surface area contributed by atoms with Gasteiger partial charge >= 0.3 is 0 Å². The molecule has 2 heterocycles. The van der Waals surface area contributed by atoms with Gasteiger partial charge in [0.2, 0.25) is 5.82 Å². The van der Waals surface area contributed by atoms with Crippen molar-refractivity contribution < 1.29 is 9.26 Å². The fourth-order valence-corrected chi connectivity index (χ4v) is 3.28. The number of nitrogens with zero attached hydrogens (tertiary/aromatic N) is 3. The van der Waals surface area contributed by atoms with Crippen molar-refractivity contribution >= 4 is 22.5 Å². The van der Waals surface area contributed by atoms with Gasteiger partial charge in [0.1, 0.15) is 5.75 Å². The maximum atomic E-state index is 6.31. The number of fused-ring (bicyclic) bond motifs is 1. The summed E-state index contributed by atoms with van der Waals surface area (Å²) < 4.78 is 13.3. The van der Waals surface area contributed by atoms with Gasteiger partial charge in [-0.1, -0.05) is 16.8 Å². The summed E-state index contributed by atoms with van der Waals surface area (Å²) in [7, 11) is 0. The number of benzene rings is 2. The summed E-state index contributed by atoms with van der Waals surface area (Å²) in [5.74, 6) is 1.62. The van der Waals surface area contributed by atoms with Crippen molar-refractivity contribution in [2.75, 3.05) is 0 Å². The molecule has 0 bridgehead atoms. The van der Waals surface area contributed by atoms with Crippen LogP contribution in [-0.4, -0.2) is 20.8 Å². The van der Waals surface area contributed by atoms with Crippen molar-refractivity contribution in [2.45, 2.75) is 33.4 Å². The smallest absolute Gasteiger partial charge is 0.258 e. The summed E-state index contributed by atoms with van der Waals surface area (Å²) in [6, 6.07) is 13.7. The molecule has 4 aromatic rings. The zero-order chi connectivity index (χ0) is 19.0. The van der Waals surface area contributed by atoms with Gasteiger partial charge in [0.15, 0.2) is 0 Å². The van der Waals surface area contributed by atoms with Crippen molar-refractivity contribution in [1.29, 1.82) is 0 Å². The summed E-state index contributed by atoms with van der Waals surface area (Å²) >= 11 is 6.31. The molecule has 2 aromatic carbocycles. The zero-order valence-corrected chi connectivity index (χ0v) is 16.2. The number of aromatic nitrogens is 3. The molecule has 0 aliphatic carbocycles. The highest BCUT2D eigenvalue weighted by atomic mass is 35.5. The summed E-state index contributed by atoms with van der Waals surface area (Å²) in [5.41, 5.74) is 2.86. The molecule has 27 heavy (non-hydrogen) atoms. The molecule has 0 aliphatic heterocycles. The van der Waals surface area contributed by atoms with E-state index in [1.165, 1.54) is 5.52 Å². The predicted octanol–water partition coefficient (Wildman–Crippen LogP) is 5.82. The average molecular weight is 382 g/mol. The number of hydrogen-bond acceptors (Lipinski definition) is 4. The summed E-state index contributed by atoms with van der Waals surface area (Å²) in [5, 5.41) is 5.80. The average Bonchev–Trinajstić information content (AvgIpc) is 3.29. The fourth-order valence-electron chi connectivity index (χ4n) is 3.06. The fraction of sp³-hybridized carbons (Fsp3) is 0.238. The van der Waals surface area contributed by atoms with Crippen LogP contribution in [0.1, 0.15) is 20.8 Å². The summed E-state index contributed by atoms with van der Waals surface area (Å²) in [4.78, 5) is 4.53. The van der Waals surface area contributed by atoms with Gasteiger partial charge in [0.05, 0.1) is 11.1 Å². The molecular formula is C21H20ClN3O2. The van der Waals surface area contributed by atoms with Crippen molar-refractivity contribution in [2.24, 2.45) is 0 Å². The normalized spacial score (nSPS) is 11.4. The maximum Gasteiger partial charge on any atom is 0.258 e. The van der Waals surface area contributed by atoms with Gasteiger partial charge in [-0.05, 0) is 63.2 Å². The van der Waals surface area contributed by atoms with E-state index in [0.717, 1.165) is 23.1 Å². The molecule has 0 aliphatic rings. The Morgan fingerprint density at radius 3 is 2.67 bits per heavy atom. The monoisotopic (exact) mass is 381 g/mol. The molecule has 0 amide bonds. The minimum Gasteiger partial charge on any atom is -0.489 e. The van der Waals surface area contributed by atoms with E-state index in [2.05, 4.69) is 46.0 Å². The number of aryl methyl sites for hydroxylation is 1. The summed E-state index contributed by atoms with van der Waals surface area (Å²) in [6.07, 6.45) is 2.14. The molecule has 138 valence electrons. The number of hydrogen-bond donors (Lipinski definition) is 0. The highest BCUT2D eigenvalue weighted by Gasteiger charge is 2.14. The lowest BCUT2D eigenvalue weighted by molar-refractivity contribution is 0.242. The van der Waals surface area contributed by atoms with E-state index in [4.69, 9.17) is 20.9 Å². The quantitative estimate of drug-likeness (QED) is 0.437. The van der Waals surface area contributed by atoms with Crippen LogP contribution in [0, 0.1) is 0 Å². The topological polar surface area (TPSA) is 53.1 Å². The molecule has 2 aromatic heterocycles. The third-order valence-corrected chi connectivity index (χ3v) is 4.63. The van der Waals surface area contributed by atoms with Gasteiger partial charge in [-0.3, -0.25) is 0 Å². The van der Waals surface area contributed by atoms with E-state index in [0.29, 0.717) is 22.5 Å². The Bertz CT molecular complexity index is 1100. The molecule has 0 spiro atoms. The van der Waals surface area contributed by atoms with Crippen LogP contribution in [0.15, 0.2) is 53.2 Å². The second-order valence-electron chi connectivity index (χ2n) is 6.61. The maximum absolute atomic E-state index is 6.31. The first-order chi connectivity index (χ1) is 13.0. The van der Waals surface area contributed by atoms with Crippen molar-refractivity contribution in [3.8, 4) is 28.6 Å². The standard InChI is InChI=1S/C21H20ClN3O2/c1-4-25-10-9-14-11-15(5-7-18(14)25)20-23-21(27-24-20)16-6-8-19(17(22)12-16)26-13(2)3/h5-13H,4H2,1-3H3. The molecule has 4 rings (SSSR count). The Hall–Kier alpha value is -2.79. The molecule has 0 saturated heterocycles. The van der Waals surface area contributed by atoms with Gasteiger partial charge in [0.25, 0.3) is 5.89 Å². The molecule has 0 saturated carbocycles. The van der Waals surface area contributed by atoms with Crippen molar-refractivity contribution in [3.05, 3.63) is 53.7 Å². The summed E-state index contributed by atoms with van der Waals surface area (Å²) in [6.45, 7) is 6.98. The van der Waals surface area contributed by atoms with Gasteiger partial charge in [0, 0.05) is 34.8 Å². The first kappa shape index (κ1) is 17.6. The Morgan fingerprint density at radius 2 is 1.93 bits per heavy atom. The van der Waals surface area contributed by atoms with E-state index in [1.54, 1.807) is 6.07 Å². The van der Waals surface area contributed by atoms with Crippen LogP contribution < -0.4 is 4.74 Å². The van der Waals surface area contributed by atoms with Crippen LogP contribution in [0.4, 0.5) is 0 Å². The lowest BCUT2D eigenvalue weighted by Crippen LogP contribution is -2.05. The van der Waals surface area contributed by atoms with E-state index in [1.807, 2.05) is 32.0 Å². The molecule has 0 N–H and O–H groups in total. The van der Waals surface area contributed by atoms with Crippen LogP contribution in [-0.2, 0) is 6.54 Å². The third-order valence-electron chi connectivity index (χ3n) is 4.34. The minimum atomic E-state index is 0.0563. The van der Waals surface area contributed by atoms with Crippen LogP contribution >= 0.6 is 11.6 Å². The molecule has 0 fully saturated rings. The second-order valence-corrected chi connectivity index (χ2v) is 7.02. The highest BCUT2D eigenvalue weighted by Crippen LogP contribution is 2.31. The van der Waals surface area contributed by atoms with Crippen LogP contribution in [0.3, 0.4) is 0 Å². The number of halogens is 1. The van der Waals surface area contributed by atoms with Crippen molar-refractivity contribution in [3.63, 3.8) is 0 Å². The van der Waals surface area contributed by atoms with Crippen LogP contribution in [0.25, 0.3) is 33.7 Å². The Morgan fingerprint density at radius 1 is 1.11 bits per heavy atom. The van der Waals surface area contributed by atoms with Gasteiger partial charge < -0.3 is 13.8 Å². The van der Waals surface area contributed by atoms with Crippen molar-refractivity contribution in [1.82, 2.24) is 14.7 Å². The minimum absolute atomic E-state index is 0.0563. The molecule has 0 radical (unpaired) electrons. The van der Waals surface area contributed by atoms with Gasteiger partial charge in [-0.25, -0.2) is 0 Å². The zero-order valence-electron chi connectivity index (χ0n) is 15.4. The van der Waals surface area contributed by atoms with E-state index in [9.17, 15) is 0 Å². The van der Waals surface area contributed by atoms with Crippen LogP contribution in [0.2, 0.25) is 5.02 Å². The van der Waals surface area contributed by atoms with Crippen LogP contribution in [0.5, 0.6) is 5.75 Å². The molecule has 6 heteroatoms. The molecular weight excluding hydrogens is 362 g/mol. The first-order valence-electron chi connectivity index (χ1n) is 8.94. The predicted molar refractivity (Wildman–Crippen MR) is 107 cm³/mol. The number of ether oxygens (including phenoxy) is 1. The lowest BCUT2D eigenvalue weighted by atomic mass is 10.1. The number of rotatable bonds is 5. The molecule has 0 atom stereocenters. The van der Waals surface area contributed by atoms with E-state index in [-0.39, 0.29) is 6.10 Å². The lowest BCUT2D eigenvalue weighted by Gasteiger charge is -2.11. The largest absolute Gasteiger partial charge is 0.489 e. The highest BCUT2D eigenvalue weighted by molar-refractivity contribution is 6.32. The Labute approximate surface area is 162 Å². The SMILES string of the molecule is CCn1ccc2cc(-c3noc(-c4ccc(OC(C)C)c(Cl)c4)n3)ccc21. The van der Waals surface area contributed by atoms with Gasteiger partial charge in [-0.15, -0.1) is 0 Å². The third kappa shape index (κ3) is 3.43. The molecule has 5 nitrogen and oxygen atoms in total. The molecule has 0 unspecified atom stereocenters. The Balaban J connectivity index is 1.64. The Kier molecular flexibility index (Phi) is 4.62. The van der Waals surface area contributed by atoms with Gasteiger partial charge in [-0.2, -0.15) is 4.98 Å². The van der Waals surface area contributed by atoms with E-state index < -0.39 is 0 Å². The first-order valence-corrected chi connectivity index (χ1v) is 9.32.